The van der Waals surface area contributed by atoms with Crippen molar-refractivity contribution in [2.75, 3.05) is 43.4 Å². The topological polar surface area (TPSA) is 138 Å². The molecule has 1 unspecified atom stereocenters. The number of aromatic nitrogens is 5. The van der Waals surface area contributed by atoms with E-state index in [9.17, 15) is 9.90 Å². The van der Waals surface area contributed by atoms with Gasteiger partial charge in [0.1, 0.15) is 30.0 Å². The number of benzene rings is 1. The Morgan fingerprint density at radius 3 is 2.75 bits per heavy atom. The summed E-state index contributed by atoms with van der Waals surface area (Å²) in [4.78, 5) is 37.7. The van der Waals surface area contributed by atoms with Crippen LogP contribution in [0.4, 0.5) is 11.6 Å². The van der Waals surface area contributed by atoms with Gasteiger partial charge in [-0.2, -0.15) is 0 Å². The molecule has 0 fully saturated rings. The fourth-order valence-electron chi connectivity index (χ4n) is 5.86. The van der Waals surface area contributed by atoms with Crippen LogP contribution in [0.2, 0.25) is 0 Å². The Bertz CT molecular complexity index is 1800. The number of aliphatic carboxylic acids is 1. The van der Waals surface area contributed by atoms with Crippen LogP contribution in [-0.2, 0) is 17.6 Å². The predicted octanol–water partition coefficient (Wildman–Crippen LogP) is 5.81. The lowest BCUT2D eigenvalue weighted by Gasteiger charge is -2.25. The molecule has 1 aliphatic rings. The molecule has 0 spiro atoms. The Balaban J connectivity index is 1.11. The normalized spacial score (nSPS) is 13.1. The second-order valence-electron chi connectivity index (χ2n) is 12.1. The van der Waals surface area contributed by atoms with Crippen molar-refractivity contribution in [2.45, 2.75) is 51.5 Å². The third kappa shape index (κ3) is 8.80. The number of rotatable bonds is 16. The lowest BCUT2D eigenvalue weighted by molar-refractivity contribution is -0.138. The Morgan fingerprint density at radius 2 is 1.92 bits per heavy atom. The zero-order valence-corrected chi connectivity index (χ0v) is 27.3. The van der Waals surface area contributed by atoms with Gasteiger partial charge in [-0.1, -0.05) is 18.2 Å². The molecule has 48 heavy (non-hydrogen) atoms. The van der Waals surface area contributed by atoms with Gasteiger partial charge in [0, 0.05) is 54.4 Å². The standard InChI is InChI=1S/C37H42N8O3/c1-26-13-16-30(25-40-26)48-23-22-45(20-5-4-10-29-15-14-27-8-7-19-39-34(27)41-29)21-17-33(37(46)47)43-36-31-11-2-3-12-32(31)42-35(44-36)28-9-6-18-38-24-28/h2-3,6,9,11-16,18,24-25,33H,4-5,7-8,10,17,19-23H2,1H3,(H,39,41)(H,46,47)(H,42,43,44). The van der Waals surface area contributed by atoms with E-state index in [0.29, 0.717) is 37.8 Å². The van der Waals surface area contributed by atoms with Gasteiger partial charge in [-0.3, -0.25) is 14.9 Å². The smallest absolute Gasteiger partial charge is 0.326 e. The lowest BCUT2D eigenvalue weighted by atomic mass is 10.1. The van der Waals surface area contributed by atoms with E-state index in [4.69, 9.17) is 19.7 Å². The molecule has 1 atom stereocenters. The Morgan fingerprint density at radius 1 is 1.00 bits per heavy atom. The number of nitrogens with one attached hydrogen (secondary N) is 2. The van der Waals surface area contributed by atoms with Gasteiger partial charge in [0.25, 0.3) is 0 Å². The average Bonchev–Trinajstić information content (AvgIpc) is 3.12. The van der Waals surface area contributed by atoms with Crippen molar-refractivity contribution in [2.24, 2.45) is 0 Å². The minimum Gasteiger partial charge on any atom is -0.491 e. The van der Waals surface area contributed by atoms with Crippen molar-refractivity contribution in [1.82, 2.24) is 29.8 Å². The fourth-order valence-corrected chi connectivity index (χ4v) is 5.86. The number of hydrogen-bond acceptors (Lipinski definition) is 10. The van der Waals surface area contributed by atoms with E-state index < -0.39 is 12.0 Å². The molecule has 0 bridgehead atoms. The van der Waals surface area contributed by atoms with Crippen LogP contribution in [-0.4, -0.2) is 79.7 Å². The van der Waals surface area contributed by atoms with Crippen molar-refractivity contribution < 1.29 is 14.6 Å². The van der Waals surface area contributed by atoms with Gasteiger partial charge in [-0.25, -0.2) is 19.7 Å². The van der Waals surface area contributed by atoms with Crippen LogP contribution in [0.25, 0.3) is 22.3 Å². The Hall–Kier alpha value is -5.16. The molecule has 11 heteroatoms. The molecule has 3 N–H and O–H groups in total. The molecule has 1 aromatic carbocycles. The van der Waals surface area contributed by atoms with E-state index in [-0.39, 0.29) is 0 Å². The van der Waals surface area contributed by atoms with E-state index in [2.05, 4.69) is 37.6 Å². The summed E-state index contributed by atoms with van der Waals surface area (Å²) in [5.41, 5.74) is 4.82. The quantitative estimate of drug-likeness (QED) is 0.112. The maximum absolute atomic E-state index is 12.6. The van der Waals surface area contributed by atoms with E-state index >= 15 is 0 Å². The van der Waals surface area contributed by atoms with Gasteiger partial charge in [-0.15, -0.1) is 0 Å². The highest BCUT2D eigenvalue weighted by Gasteiger charge is 2.22. The predicted molar refractivity (Wildman–Crippen MR) is 187 cm³/mol. The molecule has 6 rings (SSSR count). The number of carboxylic acid groups (broad SMARTS) is 1. The van der Waals surface area contributed by atoms with Crippen molar-refractivity contribution in [1.29, 1.82) is 0 Å². The summed E-state index contributed by atoms with van der Waals surface area (Å²) in [6.07, 6.45) is 10.6. The third-order valence-corrected chi connectivity index (χ3v) is 8.54. The van der Waals surface area contributed by atoms with E-state index in [1.54, 1.807) is 18.6 Å². The number of unbranched alkanes of at least 4 members (excludes halogenated alkanes) is 1. The monoisotopic (exact) mass is 646 g/mol. The van der Waals surface area contributed by atoms with Crippen LogP contribution in [0, 0.1) is 6.92 Å². The molecule has 5 heterocycles. The molecule has 1 aliphatic heterocycles. The van der Waals surface area contributed by atoms with Crippen LogP contribution in [0.1, 0.15) is 42.6 Å². The first-order valence-electron chi connectivity index (χ1n) is 16.7. The summed E-state index contributed by atoms with van der Waals surface area (Å²) in [7, 11) is 0. The third-order valence-electron chi connectivity index (χ3n) is 8.54. The Kier molecular flexibility index (Phi) is 11.0. The number of pyridine rings is 3. The molecule has 0 radical (unpaired) electrons. The number of ether oxygens (including phenoxy) is 1. The van der Waals surface area contributed by atoms with Crippen LogP contribution in [0.5, 0.6) is 5.75 Å². The van der Waals surface area contributed by atoms with Crippen molar-refractivity contribution >= 4 is 28.5 Å². The summed E-state index contributed by atoms with van der Waals surface area (Å²) in [5.74, 6) is 1.79. The molecule has 248 valence electrons. The molecular formula is C37H42N8O3. The number of carboxylic acids is 1. The zero-order valence-electron chi connectivity index (χ0n) is 27.3. The summed E-state index contributed by atoms with van der Waals surface area (Å²) < 4.78 is 6.00. The number of aryl methyl sites for hydroxylation is 3. The van der Waals surface area contributed by atoms with Crippen LogP contribution < -0.4 is 15.4 Å². The summed E-state index contributed by atoms with van der Waals surface area (Å²) >= 11 is 0. The zero-order chi connectivity index (χ0) is 33.1. The largest absolute Gasteiger partial charge is 0.491 e. The fraction of sp³-hybridized carbons (Fsp3) is 0.351. The van der Waals surface area contributed by atoms with Gasteiger partial charge < -0.3 is 20.5 Å². The van der Waals surface area contributed by atoms with Crippen molar-refractivity contribution in [3.05, 3.63) is 96.2 Å². The van der Waals surface area contributed by atoms with Crippen LogP contribution >= 0.6 is 0 Å². The summed E-state index contributed by atoms with van der Waals surface area (Å²) in [6, 6.07) is 18.7. The highest BCUT2D eigenvalue weighted by Crippen LogP contribution is 2.26. The molecule has 0 aliphatic carbocycles. The number of carbonyl (C=O) groups is 1. The van der Waals surface area contributed by atoms with Gasteiger partial charge in [0.15, 0.2) is 5.82 Å². The first-order chi connectivity index (χ1) is 23.5. The van der Waals surface area contributed by atoms with E-state index in [0.717, 1.165) is 84.6 Å². The number of para-hydroxylation sites is 1. The SMILES string of the molecule is Cc1ccc(OCCN(CCCCc2ccc3c(n2)NCCC3)CCC(Nc2nc(-c3cccnc3)nc3ccccc23)C(=O)O)cn1. The minimum atomic E-state index is -0.936. The summed E-state index contributed by atoms with van der Waals surface area (Å²) in [5, 5.41) is 17.7. The molecule has 4 aromatic heterocycles. The van der Waals surface area contributed by atoms with Gasteiger partial charge in [0.05, 0.1) is 11.7 Å². The Labute approximate surface area is 280 Å². The maximum Gasteiger partial charge on any atom is 0.326 e. The molecule has 0 saturated heterocycles. The second kappa shape index (κ2) is 16.1. The molecule has 0 saturated carbocycles. The first kappa shape index (κ1) is 32.8. The molecular weight excluding hydrogens is 604 g/mol. The number of anilines is 2. The average molecular weight is 647 g/mol. The van der Waals surface area contributed by atoms with E-state index in [1.807, 2.05) is 55.5 Å². The molecule has 0 amide bonds. The second-order valence-corrected chi connectivity index (χ2v) is 12.1. The molecule has 5 aromatic rings. The number of nitrogens with zero attached hydrogens (tertiary/aromatic N) is 6. The van der Waals surface area contributed by atoms with Gasteiger partial charge in [-0.05, 0) is 100 Å². The number of fused-ring (bicyclic) bond motifs is 2. The lowest BCUT2D eigenvalue weighted by Crippen LogP contribution is -2.37. The van der Waals surface area contributed by atoms with E-state index in [1.165, 1.54) is 5.56 Å². The summed E-state index contributed by atoms with van der Waals surface area (Å²) in [6.45, 7) is 5.43. The highest BCUT2D eigenvalue weighted by molar-refractivity contribution is 5.92. The molecule has 11 nitrogen and oxygen atoms in total. The maximum atomic E-state index is 12.6. The van der Waals surface area contributed by atoms with Crippen LogP contribution in [0.3, 0.4) is 0 Å². The highest BCUT2D eigenvalue weighted by atomic mass is 16.5. The first-order valence-corrected chi connectivity index (χ1v) is 16.7. The minimum absolute atomic E-state index is 0.375. The van der Waals surface area contributed by atoms with Crippen molar-refractivity contribution in [3.8, 4) is 17.1 Å². The van der Waals surface area contributed by atoms with Gasteiger partial charge in [0.2, 0.25) is 0 Å². The van der Waals surface area contributed by atoms with Crippen molar-refractivity contribution in [3.63, 3.8) is 0 Å². The number of hydrogen-bond donors (Lipinski definition) is 3. The van der Waals surface area contributed by atoms with Crippen LogP contribution in [0.15, 0.2) is 79.3 Å². The van der Waals surface area contributed by atoms with Gasteiger partial charge >= 0.3 is 5.97 Å².